The van der Waals surface area contributed by atoms with Gasteiger partial charge in [0.25, 0.3) is 5.91 Å². The van der Waals surface area contributed by atoms with Crippen molar-refractivity contribution in [2.75, 3.05) is 19.8 Å². The number of carboxylic acids is 1. The molecule has 2 heterocycles. The number of rotatable bonds is 3. The van der Waals surface area contributed by atoms with Crippen molar-refractivity contribution in [3.8, 4) is 0 Å². The Morgan fingerprint density at radius 2 is 2.23 bits per heavy atom. The molecule has 1 fully saturated rings. The van der Waals surface area contributed by atoms with Crippen LogP contribution in [0, 0.1) is 6.92 Å². The first-order valence-corrected chi connectivity index (χ1v) is 7.24. The summed E-state index contributed by atoms with van der Waals surface area (Å²) in [6, 6.07) is 7.33. The highest BCUT2D eigenvalue weighted by Crippen LogP contribution is 2.20. The van der Waals surface area contributed by atoms with E-state index in [9.17, 15) is 9.59 Å². The average molecular weight is 302 g/mol. The normalized spacial score (nSPS) is 18.6. The smallest absolute Gasteiger partial charge is 0.305 e. The Balaban J connectivity index is 1.87. The number of amides is 1. The van der Waals surface area contributed by atoms with Gasteiger partial charge in [0.1, 0.15) is 5.69 Å². The van der Waals surface area contributed by atoms with Crippen LogP contribution in [-0.4, -0.2) is 52.7 Å². The van der Waals surface area contributed by atoms with Crippen molar-refractivity contribution in [3.63, 3.8) is 0 Å². The van der Waals surface area contributed by atoms with Gasteiger partial charge in [-0.15, -0.1) is 0 Å². The standard InChI is InChI=1S/C16H18N2O4/c1-10-2-3-11-7-14(17-13(11)6-10)16(21)18-4-5-22-9-12(18)8-15(19)20/h2-3,6-7,12,17H,4-5,8-9H2,1H3,(H,19,20). The first kappa shape index (κ1) is 14.6. The van der Waals surface area contributed by atoms with Gasteiger partial charge in [0.2, 0.25) is 0 Å². The summed E-state index contributed by atoms with van der Waals surface area (Å²) >= 11 is 0. The molecule has 1 aliphatic rings. The predicted molar refractivity (Wildman–Crippen MR) is 80.9 cm³/mol. The third kappa shape index (κ3) is 2.82. The van der Waals surface area contributed by atoms with Crippen molar-refractivity contribution in [2.45, 2.75) is 19.4 Å². The number of carboxylic acid groups (broad SMARTS) is 1. The highest BCUT2D eigenvalue weighted by atomic mass is 16.5. The number of nitrogens with one attached hydrogen (secondary N) is 1. The molecule has 1 aromatic carbocycles. The van der Waals surface area contributed by atoms with Gasteiger partial charge >= 0.3 is 5.97 Å². The molecule has 1 aliphatic heterocycles. The Kier molecular flexibility index (Phi) is 3.85. The quantitative estimate of drug-likeness (QED) is 0.905. The van der Waals surface area contributed by atoms with Gasteiger partial charge in [0.15, 0.2) is 0 Å². The van der Waals surface area contributed by atoms with E-state index in [0.29, 0.717) is 18.8 Å². The van der Waals surface area contributed by atoms with Gasteiger partial charge in [-0.1, -0.05) is 12.1 Å². The maximum absolute atomic E-state index is 12.7. The summed E-state index contributed by atoms with van der Waals surface area (Å²) in [5, 5.41) is 9.95. The number of aromatic amines is 1. The number of aliphatic carboxylic acids is 1. The second-order valence-corrected chi connectivity index (χ2v) is 5.60. The molecule has 1 amide bonds. The molecule has 0 saturated carbocycles. The molecule has 6 heteroatoms. The molecular formula is C16H18N2O4. The lowest BCUT2D eigenvalue weighted by atomic mass is 10.1. The van der Waals surface area contributed by atoms with E-state index in [1.807, 2.05) is 31.2 Å². The average Bonchev–Trinajstić information content (AvgIpc) is 2.89. The Morgan fingerprint density at radius 1 is 1.41 bits per heavy atom. The first-order chi connectivity index (χ1) is 10.5. The molecule has 0 spiro atoms. The van der Waals surface area contributed by atoms with Crippen LogP contribution >= 0.6 is 0 Å². The first-order valence-electron chi connectivity index (χ1n) is 7.24. The van der Waals surface area contributed by atoms with Crippen LogP contribution in [-0.2, 0) is 9.53 Å². The number of hydrogen-bond donors (Lipinski definition) is 2. The second-order valence-electron chi connectivity index (χ2n) is 5.60. The molecule has 3 rings (SSSR count). The number of hydrogen-bond acceptors (Lipinski definition) is 3. The van der Waals surface area contributed by atoms with Crippen LogP contribution in [0.5, 0.6) is 0 Å². The van der Waals surface area contributed by atoms with E-state index < -0.39 is 12.0 Å². The molecule has 22 heavy (non-hydrogen) atoms. The number of carbonyl (C=O) groups is 2. The van der Waals surface area contributed by atoms with Crippen molar-refractivity contribution in [1.29, 1.82) is 0 Å². The highest BCUT2D eigenvalue weighted by Gasteiger charge is 2.30. The fraction of sp³-hybridized carbons (Fsp3) is 0.375. The monoisotopic (exact) mass is 302 g/mol. The van der Waals surface area contributed by atoms with Gasteiger partial charge in [-0.3, -0.25) is 9.59 Å². The summed E-state index contributed by atoms with van der Waals surface area (Å²) < 4.78 is 5.31. The lowest BCUT2D eigenvalue weighted by Crippen LogP contribution is -2.49. The van der Waals surface area contributed by atoms with Crippen LogP contribution in [0.2, 0.25) is 0 Å². The van der Waals surface area contributed by atoms with Crippen molar-refractivity contribution < 1.29 is 19.4 Å². The van der Waals surface area contributed by atoms with Gasteiger partial charge in [0, 0.05) is 17.4 Å². The van der Waals surface area contributed by atoms with E-state index in [4.69, 9.17) is 9.84 Å². The van der Waals surface area contributed by atoms with E-state index in [1.165, 1.54) is 0 Å². The number of ether oxygens (including phenoxy) is 1. The van der Waals surface area contributed by atoms with E-state index in [0.717, 1.165) is 16.5 Å². The van der Waals surface area contributed by atoms with Crippen LogP contribution in [0.1, 0.15) is 22.5 Å². The third-order valence-corrected chi connectivity index (χ3v) is 3.91. The molecule has 0 aliphatic carbocycles. The minimum absolute atomic E-state index is 0.106. The van der Waals surface area contributed by atoms with Gasteiger partial charge in [-0.2, -0.15) is 0 Å². The van der Waals surface area contributed by atoms with Crippen LogP contribution in [0.4, 0.5) is 0 Å². The molecule has 0 bridgehead atoms. The summed E-state index contributed by atoms with van der Waals surface area (Å²) in [5.74, 6) is -1.11. The maximum Gasteiger partial charge on any atom is 0.305 e. The number of fused-ring (bicyclic) bond motifs is 1. The molecule has 2 aromatic rings. The van der Waals surface area contributed by atoms with Gasteiger partial charge in [0.05, 0.1) is 25.7 Å². The number of aromatic nitrogens is 1. The molecule has 0 radical (unpaired) electrons. The molecule has 116 valence electrons. The zero-order valence-electron chi connectivity index (χ0n) is 12.3. The number of aryl methyl sites for hydroxylation is 1. The summed E-state index contributed by atoms with van der Waals surface area (Å²) in [6.07, 6.45) is -0.106. The third-order valence-electron chi connectivity index (χ3n) is 3.91. The molecule has 1 saturated heterocycles. The number of morpholine rings is 1. The maximum atomic E-state index is 12.7. The molecule has 2 N–H and O–H groups in total. The van der Waals surface area contributed by atoms with E-state index in [2.05, 4.69) is 4.98 Å². The number of benzene rings is 1. The van der Waals surface area contributed by atoms with E-state index in [1.54, 1.807) is 4.90 Å². The SMILES string of the molecule is Cc1ccc2cc(C(=O)N3CCOCC3CC(=O)O)[nH]c2c1. The van der Waals surface area contributed by atoms with E-state index in [-0.39, 0.29) is 18.9 Å². The summed E-state index contributed by atoms with van der Waals surface area (Å²) in [7, 11) is 0. The minimum atomic E-state index is -0.930. The Hall–Kier alpha value is -2.34. The summed E-state index contributed by atoms with van der Waals surface area (Å²) in [5.41, 5.74) is 2.51. The zero-order valence-corrected chi connectivity index (χ0v) is 12.3. The van der Waals surface area contributed by atoms with Crippen molar-refractivity contribution >= 4 is 22.8 Å². The topological polar surface area (TPSA) is 82.6 Å². The Labute approximate surface area is 127 Å². The van der Waals surface area contributed by atoms with Crippen molar-refractivity contribution in [1.82, 2.24) is 9.88 Å². The largest absolute Gasteiger partial charge is 0.481 e. The predicted octanol–water partition coefficient (Wildman–Crippen LogP) is 1.79. The molecule has 1 aromatic heterocycles. The fourth-order valence-electron chi connectivity index (χ4n) is 2.80. The summed E-state index contributed by atoms with van der Waals surface area (Å²) in [4.78, 5) is 28.4. The van der Waals surface area contributed by atoms with E-state index >= 15 is 0 Å². The number of H-pyrrole nitrogens is 1. The van der Waals surface area contributed by atoms with Gasteiger partial charge in [-0.25, -0.2) is 0 Å². The van der Waals surface area contributed by atoms with Crippen LogP contribution in [0.3, 0.4) is 0 Å². The van der Waals surface area contributed by atoms with Gasteiger partial charge < -0.3 is 19.7 Å². The van der Waals surface area contributed by atoms with Gasteiger partial charge in [-0.05, 0) is 24.6 Å². The number of nitrogens with zero attached hydrogens (tertiary/aromatic N) is 1. The van der Waals surface area contributed by atoms with Crippen LogP contribution < -0.4 is 0 Å². The fourth-order valence-corrected chi connectivity index (χ4v) is 2.80. The minimum Gasteiger partial charge on any atom is -0.481 e. The lowest BCUT2D eigenvalue weighted by molar-refractivity contribution is -0.139. The highest BCUT2D eigenvalue weighted by molar-refractivity contribution is 5.98. The molecule has 1 unspecified atom stereocenters. The van der Waals surface area contributed by atoms with Crippen molar-refractivity contribution in [2.24, 2.45) is 0 Å². The lowest BCUT2D eigenvalue weighted by Gasteiger charge is -2.34. The molecule has 1 atom stereocenters. The van der Waals surface area contributed by atoms with Crippen LogP contribution in [0.25, 0.3) is 10.9 Å². The Bertz CT molecular complexity index is 722. The molecule has 6 nitrogen and oxygen atoms in total. The summed E-state index contributed by atoms with van der Waals surface area (Å²) in [6.45, 7) is 3.09. The van der Waals surface area contributed by atoms with Crippen molar-refractivity contribution in [3.05, 3.63) is 35.5 Å². The molecular weight excluding hydrogens is 284 g/mol. The zero-order chi connectivity index (χ0) is 15.7. The van der Waals surface area contributed by atoms with Crippen LogP contribution in [0.15, 0.2) is 24.3 Å². The second kappa shape index (κ2) is 5.81. The number of carbonyl (C=O) groups excluding carboxylic acids is 1. The Morgan fingerprint density at radius 3 is 3.00 bits per heavy atom.